The van der Waals surface area contributed by atoms with Crippen molar-refractivity contribution in [1.29, 1.82) is 0 Å². The van der Waals surface area contributed by atoms with Gasteiger partial charge in [0.1, 0.15) is 11.5 Å². The standard InChI is InChI=1S/C14H21ClO2/c1-11(2)12(10-15)8-9-17-14-6-4-13(16-3)5-7-14/h4-7,11-12H,8-10H2,1-3H3. The van der Waals surface area contributed by atoms with E-state index in [-0.39, 0.29) is 0 Å². The lowest BCUT2D eigenvalue weighted by Gasteiger charge is -2.17. The Hall–Kier alpha value is -0.890. The van der Waals surface area contributed by atoms with Crippen LogP contribution in [-0.4, -0.2) is 19.6 Å². The molecule has 1 rings (SSSR count). The van der Waals surface area contributed by atoms with Crippen LogP contribution in [0.1, 0.15) is 20.3 Å². The van der Waals surface area contributed by atoms with E-state index in [0.29, 0.717) is 24.3 Å². The number of alkyl halides is 1. The Bertz CT molecular complexity index is 309. The van der Waals surface area contributed by atoms with Crippen LogP contribution in [0.4, 0.5) is 0 Å². The second-order valence-electron chi connectivity index (χ2n) is 4.47. The Morgan fingerprint density at radius 2 is 1.71 bits per heavy atom. The molecule has 1 aromatic carbocycles. The Labute approximate surface area is 109 Å². The van der Waals surface area contributed by atoms with Crippen molar-refractivity contribution < 1.29 is 9.47 Å². The zero-order chi connectivity index (χ0) is 12.7. The van der Waals surface area contributed by atoms with Gasteiger partial charge in [-0.2, -0.15) is 0 Å². The van der Waals surface area contributed by atoms with Gasteiger partial charge < -0.3 is 9.47 Å². The van der Waals surface area contributed by atoms with Crippen molar-refractivity contribution in [1.82, 2.24) is 0 Å². The second-order valence-corrected chi connectivity index (χ2v) is 4.78. The maximum atomic E-state index is 5.91. The highest BCUT2D eigenvalue weighted by molar-refractivity contribution is 6.18. The van der Waals surface area contributed by atoms with Crippen molar-refractivity contribution in [2.75, 3.05) is 19.6 Å². The summed E-state index contributed by atoms with van der Waals surface area (Å²) in [5, 5.41) is 0. The Kier molecular flexibility index (Phi) is 6.20. The molecule has 0 aliphatic carbocycles. The molecule has 3 heteroatoms. The summed E-state index contributed by atoms with van der Waals surface area (Å²) in [4.78, 5) is 0. The van der Waals surface area contributed by atoms with Gasteiger partial charge in [-0.25, -0.2) is 0 Å². The van der Waals surface area contributed by atoms with Crippen molar-refractivity contribution in [2.45, 2.75) is 20.3 Å². The molecule has 0 aliphatic heterocycles. The molecule has 1 unspecified atom stereocenters. The van der Waals surface area contributed by atoms with Gasteiger partial charge in [-0.15, -0.1) is 11.6 Å². The van der Waals surface area contributed by atoms with Crippen LogP contribution in [0.5, 0.6) is 11.5 Å². The number of halogens is 1. The van der Waals surface area contributed by atoms with Crippen LogP contribution in [0.3, 0.4) is 0 Å². The minimum Gasteiger partial charge on any atom is -0.497 e. The SMILES string of the molecule is COc1ccc(OCCC(CCl)C(C)C)cc1. The Morgan fingerprint density at radius 3 is 2.18 bits per heavy atom. The molecule has 0 heterocycles. The number of hydrogen-bond donors (Lipinski definition) is 0. The van der Waals surface area contributed by atoms with Crippen LogP contribution >= 0.6 is 11.6 Å². The summed E-state index contributed by atoms with van der Waals surface area (Å²) in [6.45, 7) is 5.10. The number of benzene rings is 1. The van der Waals surface area contributed by atoms with Crippen LogP contribution in [0.2, 0.25) is 0 Å². The predicted molar refractivity (Wildman–Crippen MR) is 72.2 cm³/mol. The molecule has 0 saturated heterocycles. The number of methoxy groups -OCH3 is 1. The molecule has 0 amide bonds. The zero-order valence-corrected chi connectivity index (χ0v) is 11.5. The molecular formula is C14H21ClO2. The lowest BCUT2D eigenvalue weighted by atomic mass is 9.95. The highest BCUT2D eigenvalue weighted by Crippen LogP contribution is 2.20. The van der Waals surface area contributed by atoms with Crippen molar-refractivity contribution in [3.8, 4) is 11.5 Å². The van der Waals surface area contributed by atoms with Gasteiger partial charge in [0.2, 0.25) is 0 Å². The fraction of sp³-hybridized carbons (Fsp3) is 0.571. The van der Waals surface area contributed by atoms with Crippen LogP contribution < -0.4 is 9.47 Å². The largest absolute Gasteiger partial charge is 0.497 e. The summed E-state index contributed by atoms with van der Waals surface area (Å²) in [6.07, 6.45) is 0.993. The fourth-order valence-corrected chi connectivity index (χ4v) is 2.10. The molecule has 17 heavy (non-hydrogen) atoms. The van der Waals surface area contributed by atoms with E-state index in [2.05, 4.69) is 13.8 Å². The summed E-state index contributed by atoms with van der Waals surface area (Å²) < 4.78 is 10.8. The monoisotopic (exact) mass is 256 g/mol. The molecule has 0 aliphatic rings. The summed E-state index contributed by atoms with van der Waals surface area (Å²) in [7, 11) is 1.66. The molecule has 0 spiro atoms. The summed E-state index contributed by atoms with van der Waals surface area (Å²) in [6, 6.07) is 7.64. The normalized spacial score (nSPS) is 12.5. The number of rotatable bonds is 7. The van der Waals surface area contributed by atoms with Gasteiger partial charge in [0.15, 0.2) is 0 Å². The van der Waals surface area contributed by atoms with Gasteiger partial charge in [0.05, 0.1) is 13.7 Å². The third-order valence-corrected chi connectivity index (χ3v) is 3.35. The molecule has 0 fully saturated rings. The Morgan fingerprint density at radius 1 is 1.12 bits per heavy atom. The molecule has 96 valence electrons. The molecule has 0 radical (unpaired) electrons. The smallest absolute Gasteiger partial charge is 0.119 e. The molecular weight excluding hydrogens is 236 g/mol. The van der Waals surface area contributed by atoms with Gasteiger partial charge in [-0.1, -0.05) is 13.8 Å². The molecule has 0 N–H and O–H groups in total. The molecule has 1 atom stereocenters. The first-order valence-electron chi connectivity index (χ1n) is 6.00. The average Bonchev–Trinajstić information content (AvgIpc) is 2.35. The average molecular weight is 257 g/mol. The first kappa shape index (κ1) is 14.2. The van der Waals surface area contributed by atoms with E-state index in [1.54, 1.807) is 7.11 Å². The van der Waals surface area contributed by atoms with E-state index in [0.717, 1.165) is 17.9 Å². The van der Waals surface area contributed by atoms with E-state index in [4.69, 9.17) is 21.1 Å². The van der Waals surface area contributed by atoms with E-state index >= 15 is 0 Å². The van der Waals surface area contributed by atoms with Crippen LogP contribution in [0, 0.1) is 11.8 Å². The lowest BCUT2D eigenvalue weighted by Crippen LogP contribution is -2.14. The van der Waals surface area contributed by atoms with E-state index < -0.39 is 0 Å². The molecule has 2 nitrogen and oxygen atoms in total. The van der Waals surface area contributed by atoms with Crippen molar-refractivity contribution >= 4 is 11.6 Å². The first-order valence-corrected chi connectivity index (χ1v) is 6.53. The van der Waals surface area contributed by atoms with Crippen molar-refractivity contribution in [2.24, 2.45) is 11.8 Å². The van der Waals surface area contributed by atoms with Crippen LogP contribution in [0.15, 0.2) is 24.3 Å². The van der Waals surface area contributed by atoms with E-state index in [9.17, 15) is 0 Å². The van der Waals surface area contributed by atoms with Crippen LogP contribution in [-0.2, 0) is 0 Å². The maximum absolute atomic E-state index is 5.91. The fourth-order valence-electron chi connectivity index (χ4n) is 1.59. The van der Waals surface area contributed by atoms with Gasteiger partial charge in [-0.05, 0) is 42.5 Å². The molecule has 1 aromatic rings. The topological polar surface area (TPSA) is 18.5 Å². The van der Waals surface area contributed by atoms with Crippen LogP contribution in [0.25, 0.3) is 0 Å². The predicted octanol–water partition coefficient (Wildman–Crippen LogP) is 3.98. The summed E-state index contributed by atoms with van der Waals surface area (Å²) in [5.74, 6) is 3.55. The molecule has 0 bridgehead atoms. The third kappa shape index (κ3) is 4.86. The van der Waals surface area contributed by atoms with E-state index in [1.165, 1.54) is 0 Å². The molecule has 0 saturated carbocycles. The lowest BCUT2D eigenvalue weighted by molar-refractivity contribution is 0.260. The minimum atomic E-state index is 0.523. The third-order valence-electron chi connectivity index (χ3n) is 2.96. The number of ether oxygens (including phenoxy) is 2. The summed E-state index contributed by atoms with van der Waals surface area (Å²) in [5.41, 5.74) is 0. The van der Waals surface area contributed by atoms with Gasteiger partial charge in [-0.3, -0.25) is 0 Å². The van der Waals surface area contributed by atoms with Gasteiger partial charge >= 0.3 is 0 Å². The van der Waals surface area contributed by atoms with Gasteiger partial charge in [0, 0.05) is 5.88 Å². The quantitative estimate of drug-likeness (QED) is 0.687. The van der Waals surface area contributed by atoms with Crippen molar-refractivity contribution in [3.63, 3.8) is 0 Å². The van der Waals surface area contributed by atoms with Crippen molar-refractivity contribution in [3.05, 3.63) is 24.3 Å². The number of hydrogen-bond acceptors (Lipinski definition) is 2. The summed E-state index contributed by atoms with van der Waals surface area (Å²) >= 11 is 5.91. The highest BCUT2D eigenvalue weighted by atomic mass is 35.5. The van der Waals surface area contributed by atoms with E-state index in [1.807, 2.05) is 24.3 Å². The second kappa shape index (κ2) is 7.44. The maximum Gasteiger partial charge on any atom is 0.119 e. The highest BCUT2D eigenvalue weighted by Gasteiger charge is 2.11. The van der Waals surface area contributed by atoms with Gasteiger partial charge in [0.25, 0.3) is 0 Å². The zero-order valence-electron chi connectivity index (χ0n) is 10.8. The first-order chi connectivity index (χ1) is 8.17. The molecule has 0 aromatic heterocycles. The minimum absolute atomic E-state index is 0.523. The Balaban J connectivity index is 2.34.